The summed E-state index contributed by atoms with van der Waals surface area (Å²) in [5.74, 6) is 3.53. The van der Waals surface area contributed by atoms with Crippen molar-refractivity contribution >= 4 is 11.8 Å². The van der Waals surface area contributed by atoms with Gasteiger partial charge < -0.3 is 9.26 Å². The SMILES string of the molecule is C=CCn1c(SCc2nc(C(C)C)no2)nnc1-c1ccccc1OC. The maximum Gasteiger partial charge on any atom is 0.237 e. The van der Waals surface area contributed by atoms with Crippen LogP contribution in [0.25, 0.3) is 11.4 Å². The van der Waals surface area contributed by atoms with Gasteiger partial charge in [-0.05, 0) is 12.1 Å². The van der Waals surface area contributed by atoms with Crippen molar-refractivity contribution in [3.63, 3.8) is 0 Å². The van der Waals surface area contributed by atoms with E-state index in [-0.39, 0.29) is 5.92 Å². The summed E-state index contributed by atoms with van der Waals surface area (Å²) in [7, 11) is 1.64. The van der Waals surface area contributed by atoms with Crippen molar-refractivity contribution in [2.24, 2.45) is 0 Å². The van der Waals surface area contributed by atoms with Gasteiger partial charge >= 0.3 is 0 Å². The normalized spacial score (nSPS) is 11.1. The largest absolute Gasteiger partial charge is 0.496 e. The van der Waals surface area contributed by atoms with Crippen LogP contribution in [0.3, 0.4) is 0 Å². The van der Waals surface area contributed by atoms with Crippen molar-refractivity contribution in [1.82, 2.24) is 24.9 Å². The minimum Gasteiger partial charge on any atom is -0.496 e. The Morgan fingerprint density at radius 2 is 2.12 bits per heavy atom. The Hall–Kier alpha value is -2.61. The number of rotatable bonds is 8. The lowest BCUT2D eigenvalue weighted by atomic mass is 10.2. The molecule has 0 aliphatic heterocycles. The van der Waals surface area contributed by atoms with Crippen LogP contribution in [0.5, 0.6) is 5.75 Å². The Morgan fingerprint density at radius 3 is 2.81 bits per heavy atom. The van der Waals surface area contributed by atoms with Gasteiger partial charge in [0.25, 0.3) is 0 Å². The zero-order valence-corrected chi connectivity index (χ0v) is 15.9. The predicted molar refractivity (Wildman–Crippen MR) is 100 cm³/mol. The summed E-state index contributed by atoms with van der Waals surface area (Å²) in [5.41, 5.74) is 0.885. The number of nitrogens with zero attached hydrogens (tertiary/aromatic N) is 5. The molecule has 0 saturated carbocycles. The Kier molecular flexibility index (Phi) is 5.72. The van der Waals surface area contributed by atoms with Crippen molar-refractivity contribution in [1.29, 1.82) is 0 Å². The number of thioether (sulfide) groups is 1. The lowest BCUT2D eigenvalue weighted by Crippen LogP contribution is -2.02. The van der Waals surface area contributed by atoms with Crippen molar-refractivity contribution in [2.45, 2.75) is 37.2 Å². The van der Waals surface area contributed by atoms with Gasteiger partial charge in [0.2, 0.25) is 5.89 Å². The van der Waals surface area contributed by atoms with Crippen LogP contribution in [-0.2, 0) is 12.3 Å². The molecule has 136 valence electrons. The molecule has 0 fully saturated rings. The summed E-state index contributed by atoms with van der Waals surface area (Å²) < 4.78 is 12.7. The fourth-order valence-electron chi connectivity index (χ4n) is 2.41. The predicted octanol–water partition coefficient (Wildman–Crippen LogP) is 3.94. The lowest BCUT2D eigenvalue weighted by molar-refractivity contribution is 0.382. The second-order valence-corrected chi connectivity index (χ2v) is 6.84. The molecule has 3 rings (SSSR count). The van der Waals surface area contributed by atoms with E-state index in [1.165, 1.54) is 11.8 Å². The molecule has 3 aromatic rings. The average molecular weight is 371 g/mol. The fourth-order valence-corrected chi connectivity index (χ4v) is 3.19. The van der Waals surface area contributed by atoms with Crippen LogP contribution in [0.1, 0.15) is 31.5 Å². The maximum absolute atomic E-state index is 5.45. The van der Waals surface area contributed by atoms with E-state index in [1.807, 2.05) is 48.8 Å². The van der Waals surface area contributed by atoms with E-state index in [0.29, 0.717) is 24.0 Å². The molecule has 26 heavy (non-hydrogen) atoms. The van der Waals surface area contributed by atoms with Gasteiger partial charge in [-0.25, -0.2) is 0 Å². The molecule has 0 saturated heterocycles. The van der Waals surface area contributed by atoms with E-state index in [2.05, 4.69) is 26.9 Å². The van der Waals surface area contributed by atoms with Gasteiger partial charge in [0, 0.05) is 12.5 Å². The van der Waals surface area contributed by atoms with Gasteiger partial charge in [-0.2, -0.15) is 4.98 Å². The molecule has 0 spiro atoms. The Bertz CT molecular complexity index is 887. The molecule has 0 atom stereocenters. The highest BCUT2D eigenvalue weighted by Crippen LogP contribution is 2.31. The van der Waals surface area contributed by atoms with Crippen LogP contribution < -0.4 is 4.74 Å². The zero-order chi connectivity index (χ0) is 18.5. The topological polar surface area (TPSA) is 78.9 Å². The Balaban J connectivity index is 1.86. The second kappa shape index (κ2) is 8.18. The molecule has 0 unspecified atom stereocenters. The van der Waals surface area contributed by atoms with E-state index in [0.717, 1.165) is 22.3 Å². The van der Waals surface area contributed by atoms with Crippen molar-refractivity contribution < 1.29 is 9.26 Å². The van der Waals surface area contributed by atoms with Crippen molar-refractivity contribution in [2.75, 3.05) is 7.11 Å². The minimum atomic E-state index is 0.235. The third-order valence-corrected chi connectivity index (χ3v) is 4.65. The fraction of sp³-hybridized carbons (Fsp3) is 0.333. The third-order valence-electron chi connectivity index (χ3n) is 3.70. The van der Waals surface area contributed by atoms with E-state index in [9.17, 15) is 0 Å². The summed E-state index contributed by atoms with van der Waals surface area (Å²) in [4.78, 5) is 4.40. The first-order chi connectivity index (χ1) is 12.6. The van der Waals surface area contributed by atoms with Gasteiger partial charge in [-0.1, -0.05) is 49.0 Å². The summed E-state index contributed by atoms with van der Waals surface area (Å²) in [6, 6.07) is 7.74. The monoisotopic (exact) mass is 371 g/mol. The van der Waals surface area contributed by atoms with Crippen LogP contribution in [-0.4, -0.2) is 32.0 Å². The van der Waals surface area contributed by atoms with E-state index >= 15 is 0 Å². The van der Waals surface area contributed by atoms with Crippen LogP contribution in [0, 0.1) is 0 Å². The minimum absolute atomic E-state index is 0.235. The molecule has 0 bridgehead atoms. The molecule has 0 N–H and O–H groups in total. The Labute approximate surface area is 156 Å². The molecular weight excluding hydrogens is 350 g/mol. The highest BCUT2D eigenvalue weighted by molar-refractivity contribution is 7.98. The number of methoxy groups -OCH3 is 1. The highest BCUT2D eigenvalue weighted by atomic mass is 32.2. The number of ether oxygens (including phenoxy) is 1. The molecule has 8 heteroatoms. The molecule has 0 aliphatic carbocycles. The number of benzene rings is 1. The molecule has 2 heterocycles. The van der Waals surface area contributed by atoms with Gasteiger partial charge in [0.05, 0.1) is 18.4 Å². The lowest BCUT2D eigenvalue weighted by Gasteiger charge is -2.10. The van der Waals surface area contributed by atoms with E-state index in [4.69, 9.17) is 9.26 Å². The van der Waals surface area contributed by atoms with Gasteiger partial charge in [-0.15, -0.1) is 16.8 Å². The Morgan fingerprint density at radius 1 is 1.31 bits per heavy atom. The number of aromatic nitrogens is 5. The van der Waals surface area contributed by atoms with Crippen LogP contribution in [0.15, 0.2) is 46.6 Å². The van der Waals surface area contributed by atoms with Gasteiger partial charge in [0.15, 0.2) is 16.8 Å². The van der Waals surface area contributed by atoms with Crippen molar-refractivity contribution in [3.05, 3.63) is 48.6 Å². The maximum atomic E-state index is 5.45. The quantitative estimate of drug-likeness (QED) is 0.438. The van der Waals surface area contributed by atoms with Crippen LogP contribution >= 0.6 is 11.8 Å². The summed E-state index contributed by atoms with van der Waals surface area (Å²) >= 11 is 1.50. The van der Waals surface area contributed by atoms with E-state index < -0.39 is 0 Å². The second-order valence-electron chi connectivity index (χ2n) is 5.90. The third kappa shape index (κ3) is 3.80. The van der Waals surface area contributed by atoms with Gasteiger partial charge in [0.1, 0.15) is 5.75 Å². The molecule has 1 aromatic carbocycles. The molecule has 7 nitrogen and oxygen atoms in total. The molecule has 2 aromatic heterocycles. The first-order valence-electron chi connectivity index (χ1n) is 8.26. The first kappa shape index (κ1) is 18.2. The summed E-state index contributed by atoms with van der Waals surface area (Å²) in [6.07, 6.45) is 1.82. The summed E-state index contributed by atoms with van der Waals surface area (Å²) in [5, 5.41) is 13.4. The number of para-hydroxylation sites is 1. The summed E-state index contributed by atoms with van der Waals surface area (Å²) in [6.45, 7) is 8.48. The van der Waals surface area contributed by atoms with E-state index in [1.54, 1.807) is 7.11 Å². The van der Waals surface area contributed by atoms with Crippen LogP contribution in [0.2, 0.25) is 0 Å². The standard InChI is InChI=1S/C18H21N5O2S/c1-5-10-23-17(13-8-6-7-9-14(13)24-4)20-21-18(23)26-11-15-19-16(12(2)3)22-25-15/h5-9,12H,1,10-11H2,2-4H3. The van der Waals surface area contributed by atoms with Gasteiger partial charge in [-0.3, -0.25) is 4.57 Å². The number of hydrogen-bond donors (Lipinski definition) is 0. The smallest absolute Gasteiger partial charge is 0.237 e. The number of allylic oxidation sites excluding steroid dienone is 1. The molecule has 0 aliphatic rings. The zero-order valence-electron chi connectivity index (χ0n) is 15.0. The average Bonchev–Trinajstić information content (AvgIpc) is 3.27. The highest BCUT2D eigenvalue weighted by Gasteiger charge is 2.18. The number of hydrogen-bond acceptors (Lipinski definition) is 7. The molecular formula is C18H21N5O2S. The van der Waals surface area contributed by atoms with Crippen LogP contribution in [0.4, 0.5) is 0 Å². The molecule has 0 radical (unpaired) electrons. The first-order valence-corrected chi connectivity index (χ1v) is 9.25. The molecule has 0 amide bonds. The van der Waals surface area contributed by atoms with Crippen molar-refractivity contribution in [3.8, 4) is 17.1 Å².